The Morgan fingerprint density at radius 3 is 2.53 bits per heavy atom. The molecule has 0 aliphatic carbocycles. The van der Waals surface area contributed by atoms with Gasteiger partial charge in [-0.1, -0.05) is 0 Å². The first kappa shape index (κ1) is 13.5. The zero-order chi connectivity index (χ0) is 13.0. The third kappa shape index (κ3) is 3.44. The minimum absolute atomic E-state index is 0.102. The molecule has 96 valence electrons. The molecule has 6 nitrogen and oxygen atoms in total. The van der Waals surface area contributed by atoms with Crippen LogP contribution in [-0.4, -0.2) is 46.9 Å². The van der Waals surface area contributed by atoms with E-state index in [1.807, 2.05) is 0 Å². The van der Waals surface area contributed by atoms with Crippen molar-refractivity contribution in [2.45, 2.75) is 32.7 Å². The Labute approximate surface area is 100.0 Å². The van der Waals surface area contributed by atoms with Crippen LogP contribution in [0.5, 0.6) is 0 Å². The highest BCUT2D eigenvalue weighted by Gasteiger charge is 2.37. The number of carbonyl (C=O) groups is 3. The molecule has 2 unspecified atom stereocenters. The summed E-state index contributed by atoms with van der Waals surface area (Å²) in [4.78, 5) is 34.9. The van der Waals surface area contributed by atoms with Crippen molar-refractivity contribution in [2.24, 2.45) is 5.92 Å². The number of carboxylic acids is 1. The maximum Gasteiger partial charge on any atom is 0.308 e. The van der Waals surface area contributed by atoms with Crippen LogP contribution in [0.3, 0.4) is 0 Å². The van der Waals surface area contributed by atoms with Gasteiger partial charge in [0.1, 0.15) is 0 Å². The second-order valence-corrected chi connectivity index (χ2v) is 4.29. The van der Waals surface area contributed by atoms with Crippen molar-refractivity contribution in [1.29, 1.82) is 0 Å². The fraction of sp³-hybridized carbons (Fsp3) is 0.727. The van der Waals surface area contributed by atoms with Crippen molar-refractivity contribution in [3.8, 4) is 0 Å². The molecular formula is C11H18N2O4. The molecule has 2 atom stereocenters. The molecule has 2 N–H and O–H groups in total. The molecule has 0 aromatic carbocycles. The predicted molar refractivity (Wildman–Crippen MR) is 60.2 cm³/mol. The van der Waals surface area contributed by atoms with Gasteiger partial charge in [0.2, 0.25) is 11.8 Å². The van der Waals surface area contributed by atoms with E-state index in [0.29, 0.717) is 19.5 Å². The number of rotatable bonds is 4. The molecule has 1 saturated heterocycles. The number of likely N-dealkylation sites (tertiary alicyclic amines) is 1. The van der Waals surface area contributed by atoms with E-state index in [0.717, 1.165) is 0 Å². The molecule has 1 rings (SSSR count). The standard InChI is InChI=1S/C11H18N2O4/c1-7-9(11(16)17)4-6-13(7)10(15)3-5-12-8(2)14/h7,9H,3-6H2,1-2H3,(H,12,14)(H,16,17). The van der Waals surface area contributed by atoms with Crippen molar-refractivity contribution in [3.05, 3.63) is 0 Å². The van der Waals surface area contributed by atoms with Crippen LogP contribution < -0.4 is 5.32 Å². The second kappa shape index (κ2) is 5.65. The third-order valence-corrected chi connectivity index (χ3v) is 3.11. The summed E-state index contributed by atoms with van der Waals surface area (Å²) >= 11 is 0. The highest BCUT2D eigenvalue weighted by atomic mass is 16.4. The quantitative estimate of drug-likeness (QED) is 0.717. The van der Waals surface area contributed by atoms with Crippen LogP contribution in [0.4, 0.5) is 0 Å². The van der Waals surface area contributed by atoms with Gasteiger partial charge in [-0.15, -0.1) is 0 Å². The van der Waals surface area contributed by atoms with Crippen molar-refractivity contribution in [1.82, 2.24) is 10.2 Å². The normalized spacial score (nSPS) is 23.5. The van der Waals surface area contributed by atoms with E-state index < -0.39 is 11.9 Å². The molecule has 0 spiro atoms. The number of aliphatic carboxylic acids is 1. The number of carboxylic acid groups (broad SMARTS) is 1. The highest BCUT2D eigenvalue weighted by molar-refractivity contribution is 5.80. The van der Waals surface area contributed by atoms with E-state index in [-0.39, 0.29) is 24.3 Å². The summed E-state index contributed by atoms with van der Waals surface area (Å²) in [6.07, 6.45) is 0.721. The highest BCUT2D eigenvalue weighted by Crippen LogP contribution is 2.24. The predicted octanol–water partition coefficient (Wildman–Crippen LogP) is -0.166. The van der Waals surface area contributed by atoms with Crippen molar-refractivity contribution in [3.63, 3.8) is 0 Å². The van der Waals surface area contributed by atoms with Gasteiger partial charge in [0.05, 0.1) is 5.92 Å². The summed E-state index contributed by atoms with van der Waals surface area (Å²) in [7, 11) is 0. The van der Waals surface area contributed by atoms with Gasteiger partial charge in [-0.3, -0.25) is 14.4 Å². The number of carbonyl (C=O) groups excluding carboxylic acids is 2. The lowest BCUT2D eigenvalue weighted by atomic mass is 10.0. The van der Waals surface area contributed by atoms with Crippen LogP contribution in [0.1, 0.15) is 26.7 Å². The number of hydrogen-bond donors (Lipinski definition) is 2. The van der Waals surface area contributed by atoms with Gasteiger partial charge in [-0.25, -0.2) is 0 Å². The Balaban J connectivity index is 2.43. The molecule has 0 aromatic heterocycles. The fourth-order valence-electron chi connectivity index (χ4n) is 2.11. The van der Waals surface area contributed by atoms with Crippen molar-refractivity contribution >= 4 is 17.8 Å². The Bertz CT molecular complexity index is 329. The van der Waals surface area contributed by atoms with E-state index in [4.69, 9.17) is 5.11 Å². The van der Waals surface area contributed by atoms with Gasteiger partial charge in [0, 0.05) is 32.5 Å². The van der Waals surface area contributed by atoms with E-state index in [2.05, 4.69) is 5.32 Å². The number of hydrogen-bond acceptors (Lipinski definition) is 3. The summed E-state index contributed by atoms with van der Waals surface area (Å²) < 4.78 is 0. The van der Waals surface area contributed by atoms with Crippen LogP contribution in [0.2, 0.25) is 0 Å². The first-order valence-electron chi connectivity index (χ1n) is 5.70. The zero-order valence-electron chi connectivity index (χ0n) is 10.1. The Morgan fingerprint density at radius 1 is 1.41 bits per heavy atom. The molecule has 1 aliphatic heterocycles. The minimum Gasteiger partial charge on any atom is -0.481 e. The topological polar surface area (TPSA) is 86.7 Å². The van der Waals surface area contributed by atoms with E-state index in [1.54, 1.807) is 11.8 Å². The maximum atomic E-state index is 11.8. The van der Waals surface area contributed by atoms with Crippen LogP contribution in [0.25, 0.3) is 0 Å². The Morgan fingerprint density at radius 2 is 2.06 bits per heavy atom. The fourth-order valence-corrected chi connectivity index (χ4v) is 2.11. The molecule has 1 fully saturated rings. The number of nitrogens with one attached hydrogen (secondary N) is 1. The minimum atomic E-state index is -0.852. The Hall–Kier alpha value is -1.59. The zero-order valence-corrected chi connectivity index (χ0v) is 10.1. The first-order valence-corrected chi connectivity index (χ1v) is 5.70. The molecule has 0 radical (unpaired) electrons. The monoisotopic (exact) mass is 242 g/mol. The van der Waals surface area contributed by atoms with E-state index in [9.17, 15) is 14.4 Å². The van der Waals surface area contributed by atoms with Gasteiger partial charge in [-0.2, -0.15) is 0 Å². The van der Waals surface area contributed by atoms with E-state index >= 15 is 0 Å². The first-order chi connectivity index (χ1) is 7.93. The van der Waals surface area contributed by atoms with Gasteiger partial charge < -0.3 is 15.3 Å². The van der Waals surface area contributed by atoms with Gasteiger partial charge in [0.25, 0.3) is 0 Å². The molecule has 6 heteroatoms. The van der Waals surface area contributed by atoms with Crippen LogP contribution in [-0.2, 0) is 14.4 Å². The molecule has 0 saturated carbocycles. The molecule has 0 aromatic rings. The second-order valence-electron chi connectivity index (χ2n) is 4.29. The number of amides is 2. The molecule has 0 bridgehead atoms. The summed E-state index contributed by atoms with van der Waals surface area (Å²) in [5, 5.41) is 11.5. The van der Waals surface area contributed by atoms with Crippen molar-refractivity contribution in [2.75, 3.05) is 13.1 Å². The molecule has 17 heavy (non-hydrogen) atoms. The summed E-state index contributed by atoms with van der Waals surface area (Å²) in [5.74, 6) is -1.60. The summed E-state index contributed by atoms with van der Waals surface area (Å²) in [5.41, 5.74) is 0. The Kier molecular flexibility index (Phi) is 4.48. The molecule has 1 aliphatic rings. The van der Waals surface area contributed by atoms with Gasteiger partial charge in [0.15, 0.2) is 0 Å². The van der Waals surface area contributed by atoms with Gasteiger partial charge in [-0.05, 0) is 13.3 Å². The maximum absolute atomic E-state index is 11.8. The smallest absolute Gasteiger partial charge is 0.308 e. The lowest BCUT2D eigenvalue weighted by Crippen LogP contribution is -2.39. The molecule has 1 heterocycles. The number of nitrogens with zero attached hydrogens (tertiary/aromatic N) is 1. The summed E-state index contributed by atoms with van der Waals surface area (Å²) in [6.45, 7) is 3.93. The van der Waals surface area contributed by atoms with Gasteiger partial charge >= 0.3 is 5.97 Å². The largest absolute Gasteiger partial charge is 0.481 e. The average Bonchev–Trinajstić information content (AvgIpc) is 2.59. The van der Waals surface area contributed by atoms with E-state index in [1.165, 1.54) is 6.92 Å². The lowest BCUT2D eigenvalue weighted by Gasteiger charge is -2.23. The SMILES string of the molecule is CC(=O)NCCC(=O)N1CCC(C(=O)O)C1C. The lowest BCUT2D eigenvalue weighted by molar-refractivity contribution is -0.143. The summed E-state index contributed by atoms with van der Waals surface area (Å²) in [6, 6.07) is -0.266. The average molecular weight is 242 g/mol. The molecular weight excluding hydrogens is 224 g/mol. The molecule has 2 amide bonds. The van der Waals surface area contributed by atoms with Crippen LogP contribution >= 0.6 is 0 Å². The van der Waals surface area contributed by atoms with Crippen molar-refractivity contribution < 1.29 is 19.5 Å². The van der Waals surface area contributed by atoms with Crippen LogP contribution in [0, 0.1) is 5.92 Å². The van der Waals surface area contributed by atoms with Crippen LogP contribution in [0.15, 0.2) is 0 Å². The third-order valence-electron chi connectivity index (χ3n) is 3.11.